The van der Waals surface area contributed by atoms with Crippen molar-refractivity contribution in [3.63, 3.8) is 0 Å². The second-order valence-electron chi connectivity index (χ2n) is 3.48. The number of alkyl halides is 3. The molecule has 19 heavy (non-hydrogen) atoms. The molecule has 0 aliphatic rings. The molecule has 2 nitrogen and oxygen atoms in total. The van der Waals surface area contributed by atoms with Gasteiger partial charge in [0.2, 0.25) is 5.78 Å². The zero-order valence-corrected chi connectivity index (χ0v) is 10.5. The summed E-state index contributed by atoms with van der Waals surface area (Å²) in [7, 11) is 0. The molecule has 0 unspecified atom stereocenters. The number of ketones is 1. The average Bonchev–Trinajstić information content (AvgIpc) is 2.80. The van der Waals surface area contributed by atoms with E-state index in [1.165, 1.54) is 6.07 Å². The standard InChI is InChI=1S/C11H4ClF4NOS/c12-5-1-2-7(13)6(3-5)9(18)8-4-17-10(19-8)11(14,15)16/h1-4H. The molecule has 0 aliphatic heterocycles. The first-order valence-electron chi connectivity index (χ1n) is 4.82. The van der Waals surface area contributed by atoms with Gasteiger partial charge >= 0.3 is 6.18 Å². The Bertz CT molecular complexity index is 638. The van der Waals surface area contributed by atoms with Crippen LogP contribution in [-0.2, 0) is 6.18 Å². The summed E-state index contributed by atoms with van der Waals surface area (Å²) in [5.41, 5.74) is -0.384. The third-order valence-corrected chi connectivity index (χ3v) is 3.42. The molecule has 0 aliphatic carbocycles. The van der Waals surface area contributed by atoms with Gasteiger partial charge in [0.1, 0.15) is 5.82 Å². The second-order valence-corrected chi connectivity index (χ2v) is 4.95. The van der Waals surface area contributed by atoms with Crippen molar-refractivity contribution in [2.24, 2.45) is 0 Å². The van der Waals surface area contributed by atoms with Crippen LogP contribution in [-0.4, -0.2) is 10.8 Å². The Morgan fingerprint density at radius 3 is 2.58 bits per heavy atom. The minimum absolute atomic E-state index is 0.116. The highest BCUT2D eigenvalue weighted by atomic mass is 35.5. The number of rotatable bonds is 2. The number of carbonyl (C=O) groups is 1. The zero-order valence-electron chi connectivity index (χ0n) is 8.96. The molecule has 1 aromatic carbocycles. The summed E-state index contributed by atoms with van der Waals surface area (Å²) in [4.78, 5) is 14.7. The van der Waals surface area contributed by atoms with Crippen molar-refractivity contribution >= 4 is 28.7 Å². The number of hydrogen-bond donors (Lipinski definition) is 0. The van der Waals surface area contributed by atoms with Crippen molar-refractivity contribution < 1.29 is 22.4 Å². The fourth-order valence-electron chi connectivity index (χ4n) is 1.31. The van der Waals surface area contributed by atoms with Gasteiger partial charge in [0.05, 0.1) is 10.4 Å². The fraction of sp³-hybridized carbons (Fsp3) is 0.0909. The van der Waals surface area contributed by atoms with Gasteiger partial charge in [-0.05, 0) is 18.2 Å². The lowest BCUT2D eigenvalue weighted by Gasteiger charge is -2.01. The molecule has 0 N–H and O–H groups in total. The minimum Gasteiger partial charge on any atom is -0.288 e. The summed E-state index contributed by atoms with van der Waals surface area (Å²) in [6.45, 7) is 0. The number of hydrogen-bond acceptors (Lipinski definition) is 3. The van der Waals surface area contributed by atoms with Crippen LogP contribution in [0.2, 0.25) is 5.02 Å². The van der Waals surface area contributed by atoms with Crippen LogP contribution in [0.1, 0.15) is 20.2 Å². The van der Waals surface area contributed by atoms with E-state index in [0.717, 1.165) is 18.3 Å². The molecule has 0 spiro atoms. The molecule has 100 valence electrons. The van der Waals surface area contributed by atoms with Crippen molar-refractivity contribution in [1.82, 2.24) is 4.98 Å². The Labute approximate surface area is 113 Å². The van der Waals surface area contributed by atoms with Crippen molar-refractivity contribution in [1.29, 1.82) is 0 Å². The first kappa shape index (κ1) is 14.0. The first-order valence-corrected chi connectivity index (χ1v) is 6.01. The van der Waals surface area contributed by atoms with Crippen LogP contribution in [0.5, 0.6) is 0 Å². The van der Waals surface area contributed by atoms with Gasteiger partial charge < -0.3 is 0 Å². The number of halogens is 5. The van der Waals surface area contributed by atoms with Crippen LogP contribution in [0.3, 0.4) is 0 Å². The summed E-state index contributed by atoms with van der Waals surface area (Å²) in [6.07, 6.45) is -3.85. The largest absolute Gasteiger partial charge is 0.443 e. The highest BCUT2D eigenvalue weighted by Gasteiger charge is 2.35. The Hall–Kier alpha value is -1.47. The molecule has 2 rings (SSSR count). The highest BCUT2D eigenvalue weighted by Crippen LogP contribution is 2.33. The lowest BCUT2D eigenvalue weighted by Crippen LogP contribution is -2.03. The Kier molecular flexibility index (Phi) is 3.60. The predicted octanol–water partition coefficient (Wildman–Crippen LogP) is 4.19. The van der Waals surface area contributed by atoms with Gasteiger partial charge in [0.25, 0.3) is 0 Å². The number of thiazole rings is 1. The topological polar surface area (TPSA) is 30.0 Å². The maximum atomic E-state index is 13.4. The third kappa shape index (κ3) is 2.93. The molecule has 0 amide bonds. The quantitative estimate of drug-likeness (QED) is 0.615. The van der Waals surface area contributed by atoms with Gasteiger partial charge in [-0.15, -0.1) is 11.3 Å². The van der Waals surface area contributed by atoms with E-state index in [9.17, 15) is 22.4 Å². The van der Waals surface area contributed by atoms with E-state index >= 15 is 0 Å². The summed E-state index contributed by atoms with van der Waals surface area (Å²) in [6, 6.07) is 3.27. The lowest BCUT2D eigenvalue weighted by molar-refractivity contribution is -0.137. The van der Waals surface area contributed by atoms with Crippen molar-refractivity contribution in [3.8, 4) is 0 Å². The Balaban J connectivity index is 2.39. The van der Waals surface area contributed by atoms with E-state index in [2.05, 4.69) is 4.98 Å². The van der Waals surface area contributed by atoms with Crippen molar-refractivity contribution in [3.05, 3.63) is 50.7 Å². The van der Waals surface area contributed by atoms with Gasteiger partial charge in [-0.3, -0.25) is 4.79 Å². The van der Waals surface area contributed by atoms with Crippen LogP contribution in [0.15, 0.2) is 24.4 Å². The first-order chi connectivity index (χ1) is 8.79. The Morgan fingerprint density at radius 2 is 2.00 bits per heavy atom. The van der Waals surface area contributed by atoms with Crippen LogP contribution >= 0.6 is 22.9 Å². The van der Waals surface area contributed by atoms with Gasteiger partial charge in [-0.25, -0.2) is 9.37 Å². The molecule has 0 bridgehead atoms. The zero-order chi connectivity index (χ0) is 14.2. The lowest BCUT2D eigenvalue weighted by atomic mass is 10.1. The van der Waals surface area contributed by atoms with E-state index in [-0.39, 0.29) is 26.8 Å². The van der Waals surface area contributed by atoms with Crippen LogP contribution in [0.25, 0.3) is 0 Å². The molecule has 0 saturated carbocycles. The minimum atomic E-state index is -4.63. The van der Waals surface area contributed by atoms with Crippen LogP contribution in [0.4, 0.5) is 17.6 Å². The number of carbonyl (C=O) groups excluding carboxylic acids is 1. The van der Waals surface area contributed by atoms with Gasteiger partial charge in [-0.1, -0.05) is 11.6 Å². The third-order valence-electron chi connectivity index (χ3n) is 2.15. The van der Waals surface area contributed by atoms with Crippen LogP contribution in [0, 0.1) is 5.82 Å². The molecule has 2 aromatic rings. The molecule has 1 heterocycles. The predicted molar refractivity (Wildman–Crippen MR) is 62.0 cm³/mol. The maximum Gasteiger partial charge on any atom is 0.443 e. The number of benzene rings is 1. The van der Waals surface area contributed by atoms with E-state index in [4.69, 9.17) is 11.6 Å². The molecule has 8 heteroatoms. The van der Waals surface area contributed by atoms with Crippen LogP contribution < -0.4 is 0 Å². The van der Waals surface area contributed by atoms with Crippen molar-refractivity contribution in [2.75, 3.05) is 0 Å². The van der Waals surface area contributed by atoms with Gasteiger partial charge in [0.15, 0.2) is 5.01 Å². The van der Waals surface area contributed by atoms with E-state index in [1.807, 2.05) is 0 Å². The summed E-state index contributed by atoms with van der Waals surface area (Å²) in [5, 5.41) is -1.04. The molecular formula is C11H4ClF4NOS. The molecule has 0 atom stereocenters. The number of aromatic nitrogens is 1. The highest BCUT2D eigenvalue weighted by molar-refractivity contribution is 7.14. The Morgan fingerprint density at radius 1 is 1.32 bits per heavy atom. The van der Waals surface area contributed by atoms with E-state index in [0.29, 0.717) is 0 Å². The molecular weight excluding hydrogens is 306 g/mol. The monoisotopic (exact) mass is 309 g/mol. The summed E-state index contributed by atoms with van der Waals surface area (Å²) < 4.78 is 50.5. The van der Waals surface area contributed by atoms with Crippen molar-refractivity contribution in [2.45, 2.75) is 6.18 Å². The normalized spacial score (nSPS) is 11.6. The number of nitrogens with zero attached hydrogens (tertiary/aromatic N) is 1. The van der Waals surface area contributed by atoms with Gasteiger partial charge in [-0.2, -0.15) is 13.2 Å². The van der Waals surface area contributed by atoms with E-state index in [1.54, 1.807) is 0 Å². The smallest absolute Gasteiger partial charge is 0.288 e. The summed E-state index contributed by atoms with van der Waals surface area (Å²) >= 11 is 5.78. The average molecular weight is 310 g/mol. The van der Waals surface area contributed by atoms with E-state index < -0.39 is 22.8 Å². The molecule has 0 radical (unpaired) electrons. The second kappa shape index (κ2) is 4.90. The SMILES string of the molecule is O=C(c1cnc(C(F)(F)F)s1)c1cc(Cl)ccc1F. The molecule has 0 fully saturated rings. The molecule has 0 saturated heterocycles. The fourth-order valence-corrected chi connectivity index (χ4v) is 2.22. The summed E-state index contributed by atoms with van der Waals surface area (Å²) in [5.74, 6) is -1.73. The molecule has 1 aromatic heterocycles. The maximum absolute atomic E-state index is 13.4. The van der Waals surface area contributed by atoms with Gasteiger partial charge in [0, 0.05) is 11.2 Å².